The first kappa shape index (κ1) is 12.9. The van der Waals surface area contributed by atoms with Crippen LogP contribution in [-0.2, 0) is 6.42 Å². The van der Waals surface area contributed by atoms with E-state index in [2.05, 4.69) is 15.5 Å². The molecule has 1 amide bonds. The number of H-pyrrole nitrogens is 1. The van der Waals surface area contributed by atoms with Crippen molar-refractivity contribution in [1.29, 1.82) is 0 Å². The van der Waals surface area contributed by atoms with Gasteiger partial charge >= 0.3 is 0 Å². The largest absolute Gasteiger partial charge is 0.497 e. The Kier molecular flexibility index (Phi) is 4.02. The number of methoxy groups -OCH3 is 1. The monoisotopic (exact) mass is 260 g/mol. The van der Waals surface area contributed by atoms with Gasteiger partial charge in [-0.2, -0.15) is 5.10 Å². The second kappa shape index (κ2) is 5.90. The molecule has 0 aliphatic heterocycles. The van der Waals surface area contributed by atoms with Crippen molar-refractivity contribution in [1.82, 2.24) is 15.5 Å². The number of benzene rings is 1. The van der Waals surface area contributed by atoms with Crippen molar-refractivity contribution >= 4 is 11.7 Å². The molecule has 0 aliphatic carbocycles. The predicted molar refractivity (Wildman–Crippen MR) is 72.0 cm³/mol. The number of nitrogens with zero attached hydrogens (tertiary/aromatic N) is 1. The molecule has 1 aromatic carbocycles. The normalized spacial score (nSPS) is 10.2. The molecule has 2 aromatic rings. The highest BCUT2D eigenvalue weighted by Gasteiger charge is 2.10. The third kappa shape index (κ3) is 3.25. The minimum atomic E-state index is -0.228. The maximum Gasteiger partial charge on any atom is 0.256 e. The van der Waals surface area contributed by atoms with Gasteiger partial charge in [0.15, 0.2) is 0 Å². The number of aromatic nitrogens is 2. The Morgan fingerprint density at radius 3 is 3.05 bits per heavy atom. The lowest BCUT2D eigenvalue weighted by Gasteiger charge is -2.06. The fraction of sp³-hybridized carbons (Fsp3) is 0.231. The molecule has 4 N–H and O–H groups in total. The van der Waals surface area contributed by atoms with Crippen LogP contribution in [0.4, 0.5) is 5.82 Å². The van der Waals surface area contributed by atoms with E-state index in [1.54, 1.807) is 7.11 Å². The predicted octanol–water partition coefficient (Wildman–Crippen LogP) is 0.973. The first-order valence-corrected chi connectivity index (χ1v) is 5.90. The number of nitrogen functional groups attached to an aromatic ring is 1. The van der Waals surface area contributed by atoms with Crippen LogP contribution < -0.4 is 15.8 Å². The van der Waals surface area contributed by atoms with Crippen molar-refractivity contribution < 1.29 is 9.53 Å². The number of nitrogens with two attached hydrogens (primary N) is 1. The van der Waals surface area contributed by atoms with Crippen LogP contribution in [0, 0.1) is 0 Å². The summed E-state index contributed by atoms with van der Waals surface area (Å²) in [5.74, 6) is 0.857. The van der Waals surface area contributed by atoms with E-state index in [9.17, 15) is 4.79 Å². The smallest absolute Gasteiger partial charge is 0.256 e. The molecule has 0 saturated carbocycles. The van der Waals surface area contributed by atoms with Crippen LogP contribution in [-0.4, -0.2) is 29.8 Å². The molecule has 0 atom stereocenters. The summed E-state index contributed by atoms with van der Waals surface area (Å²) in [7, 11) is 1.63. The van der Waals surface area contributed by atoms with Gasteiger partial charge < -0.3 is 15.8 Å². The van der Waals surface area contributed by atoms with Gasteiger partial charge in [-0.1, -0.05) is 12.1 Å². The second-order valence-electron chi connectivity index (χ2n) is 4.05. The fourth-order valence-corrected chi connectivity index (χ4v) is 1.72. The molecule has 0 spiro atoms. The Hall–Kier alpha value is -2.50. The highest BCUT2D eigenvalue weighted by atomic mass is 16.5. The van der Waals surface area contributed by atoms with Gasteiger partial charge in [-0.3, -0.25) is 9.89 Å². The number of nitrogens with one attached hydrogen (secondary N) is 2. The number of carbonyl (C=O) groups is 1. The van der Waals surface area contributed by atoms with Crippen LogP contribution in [0.1, 0.15) is 15.9 Å². The Balaban J connectivity index is 1.86. The average Bonchev–Trinajstić information content (AvgIpc) is 2.85. The third-order valence-corrected chi connectivity index (χ3v) is 2.75. The van der Waals surface area contributed by atoms with Crippen molar-refractivity contribution in [3.05, 3.63) is 41.6 Å². The summed E-state index contributed by atoms with van der Waals surface area (Å²) in [4.78, 5) is 11.8. The Morgan fingerprint density at radius 1 is 1.53 bits per heavy atom. The van der Waals surface area contributed by atoms with Crippen LogP contribution in [0.25, 0.3) is 0 Å². The van der Waals surface area contributed by atoms with E-state index in [0.717, 1.165) is 17.7 Å². The summed E-state index contributed by atoms with van der Waals surface area (Å²) in [5, 5.41) is 9.02. The number of amides is 1. The topological polar surface area (TPSA) is 93.0 Å². The molecule has 19 heavy (non-hydrogen) atoms. The highest BCUT2D eigenvalue weighted by molar-refractivity contribution is 5.98. The summed E-state index contributed by atoms with van der Waals surface area (Å²) < 4.78 is 5.14. The van der Waals surface area contributed by atoms with Crippen LogP contribution in [0.2, 0.25) is 0 Å². The molecule has 2 rings (SSSR count). The molecule has 6 heteroatoms. The van der Waals surface area contributed by atoms with Crippen molar-refractivity contribution in [2.24, 2.45) is 0 Å². The van der Waals surface area contributed by atoms with E-state index in [0.29, 0.717) is 12.1 Å². The zero-order chi connectivity index (χ0) is 13.7. The molecule has 0 unspecified atom stereocenters. The van der Waals surface area contributed by atoms with Crippen LogP contribution in [0.5, 0.6) is 5.75 Å². The maximum atomic E-state index is 11.8. The van der Waals surface area contributed by atoms with Gasteiger partial charge in [0, 0.05) is 6.54 Å². The van der Waals surface area contributed by atoms with Gasteiger partial charge in [0.05, 0.1) is 13.3 Å². The standard InChI is InChI=1S/C13H16N4O2/c1-19-10-4-2-3-9(7-10)5-6-15-13(18)11-8-16-17-12(11)14/h2-4,7-8H,5-6H2,1H3,(H,15,18)(H3,14,16,17). The molecule has 0 fully saturated rings. The van der Waals surface area contributed by atoms with E-state index in [1.165, 1.54) is 6.20 Å². The van der Waals surface area contributed by atoms with Gasteiger partial charge in [0.1, 0.15) is 17.1 Å². The number of hydrogen-bond donors (Lipinski definition) is 3. The van der Waals surface area contributed by atoms with Gasteiger partial charge in [0.25, 0.3) is 5.91 Å². The lowest BCUT2D eigenvalue weighted by Crippen LogP contribution is -2.26. The highest BCUT2D eigenvalue weighted by Crippen LogP contribution is 2.12. The third-order valence-electron chi connectivity index (χ3n) is 2.75. The summed E-state index contributed by atoms with van der Waals surface area (Å²) in [6, 6.07) is 7.73. The van der Waals surface area contributed by atoms with Crippen LogP contribution in [0.3, 0.4) is 0 Å². The Bertz CT molecular complexity index is 565. The minimum absolute atomic E-state index is 0.228. The quantitative estimate of drug-likeness (QED) is 0.747. The van der Waals surface area contributed by atoms with E-state index in [-0.39, 0.29) is 11.7 Å². The summed E-state index contributed by atoms with van der Waals surface area (Å²) in [5.41, 5.74) is 7.03. The number of aromatic amines is 1. The maximum absolute atomic E-state index is 11.8. The number of carbonyl (C=O) groups excluding carboxylic acids is 1. The van der Waals surface area contributed by atoms with Gasteiger partial charge in [0.2, 0.25) is 0 Å². The summed E-state index contributed by atoms with van der Waals surface area (Å²) in [6.45, 7) is 0.524. The second-order valence-corrected chi connectivity index (χ2v) is 4.05. The number of anilines is 1. The minimum Gasteiger partial charge on any atom is -0.497 e. The van der Waals surface area contributed by atoms with E-state index in [1.807, 2.05) is 24.3 Å². The Labute approximate surface area is 111 Å². The average molecular weight is 260 g/mol. The number of rotatable bonds is 5. The molecule has 0 radical (unpaired) electrons. The molecule has 0 aliphatic rings. The van der Waals surface area contributed by atoms with Crippen molar-refractivity contribution in [2.45, 2.75) is 6.42 Å². The summed E-state index contributed by atoms with van der Waals surface area (Å²) in [6.07, 6.45) is 2.14. The first-order chi connectivity index (χ1) is 9.20. The molecular formula is C13H16N4O2. The molecule has 100 valence electrons. The molecule has 1 aromatic heterocycles. The zero-order valence-corrected chi connectivity index (χ0v) is 10.6. The Morgan fingerprint density at radius 2 is 2.37 bits per heavy atom. The van der Waals surface area contributed by atoms with Gasteiger partial charge in [-0.15, -0.1) is 0 Å². The van der Waals surface area contributed by atoms with Gasteiger partial charge in [-0.05, 0) is 24.1 Å². The lowest BCUT2D eigenvalue weighted by molar-refractivity contribution is 0.0955. The van der Waals surface area contributed by atoms with E-state index >= 15 is 0 Å². The van der Waals surface area contributed by atoms with Crippen LogP contribution in [0.15, 0.2) is 30.5 Å². The molecule has 0 saturated heterocycles. The lowest BCUT2D eigenvalue weighted by atomic mass is 10.1. The summed E-state index contributed by atoms with van der Waals surface area (Å²) >= 11 is 0. The zero-order valence-electron chi connectivity index (χ0n) is 10.6. The van der Waals surface area contributed by atoms with Crippen molar-refractivity contribution in [3.63, 3.8) is 0 Å². The number of hydrogen-bond acceptors (Lipinski definition) is 4. The van der Waals surface area contributed by atoms with Crippen molar-refractivity contribution in [3.8, 4) is 5.75 Å². The number of ether oxygens (including phenoxy) is 1. The van der Waals surface area contributed by atoms with Gasteiger partial charge in [-0.25, -0.2) is 0 Å². The fourth-order valence-electron chi connectivity index (χ4n) is 1.72. The molecule has 0 bridgehead atoms. The SMILES string of the molecule is COc1cccc(CCNC(=O)c2cn[nH]c2N)c1. The van der Waals surface area contributed by atoms with E-state index in [4.69, 9.17) is 10.5 Å². The van der Waals surface area contributed by atoms with E-state index < -0.39 is 0 Å². The first-order valence-electron chi connectivity index (χ1n) is 5.90. The molecular weight excluding hydrogens is 244 g/mol. The molecule has 6 nitrogen and oxygen atoms in total. The van der Waals surface area contributed by atoms with Crippen molar-refractivity contribution in [2.75, 3.05) is 19.4 Å². The molecule has 1 heterocycles. The van der Waals surface area contributed by atoms with Crippen LogP contribution >= 0.6 is 0 Å².